The minimum Gasteiger partial charge on any atom is -0.462 e. The van der Waals surface area contributed by atoms with E-state index in [0.717, 1.165) is 141 Å². The van der Waals surface area contributed by atoms with Crippen LogP contribution in [0.25, 0.3) is 0 Å². The van der Waals surface area contributed by atoms with E-state index in [9.17, 15) is 14.4 Å². The van der Waals surface area contributed by atoms with Gasteiger partial charge in [-0.1, -0.05) is 284 Å². The van der Waals surface area contributed by atoms with Crippen molar-refractivity contribution in [2.75, 3.05) is 13.2 Å². The molecule has 0 aliphatic carbocycles. The summed E-state index contributed by atoms with van der Waals surface area (Å²) in [5.74, 6) is -0.915. The van der Waals surface area contributed by atoms with Gasteiger partial charge in [0.25, 0.3) is 0 Å². The predicted octanol–water partition coefficient (Wildman–Crippen LogP) is 23.2. The van der Waals surface area contributed by atoms with Gasteiger partial charge in [-0.25, -0.2) is 0 Å². The van der Waals surface area contributed by atoms with Crippen molar-refractivity contribution in [2.24, 2.45) is 0 Å². The van der Waals surface area contributed by atoms with Crippen LogP contribution in [0.15, 0.2) is 122 Å². The molecule has 80 heavy (non-hydrogen) atoms. The van der Waals surface area contributed by atoms with Gasteiger partial charge in [0.15, 0.2) is 6.10 Å². The first-order valence-corrected chi connectivity index (χ1v) is 33.5. The Labute approximate surface area is 494 Å². The molecule has 0 saturated heterocycles. The lowest BCUT2D eigenvalue weighted by Gasteiger charge is -2.18. The molecule has 0 bridgehead atoms. The second kappa shape index (κ2) is 67.3. The average molecular weight is 1110 g/mol. The van der Waals surface area contributed by atoms with E-state index < -0.39 is 6.10 Å². The normalized spacial score (nSPS) is 12.9. The minimum absolute atomic E-state index is 0.0924. The molecule has 456 valence electrons. The molecule has 6 heteroatoms. The Morgan fingerprint density at radius 3 is 0.800 bits per heavy atom. The van der Waals surface area contributed by atoms with Gasteiger partial charge < -0.3 is 14.2 Å². The highest BCUT2D eigenvalue weighted by atomic mass is 16.6. The monoisotopic (exact) mass is 1110 g/mol. The van der Waals surface area contributed by atoms with Gasteiger partial charge in [-0.15, -0.1) is 0 Å². The van der Waals surface area contributed by atoms with Crippen LogP contribution in [0.2, 0.25) is 0 Å². The number of carbonyl (C=O) groups excluding carboxylic acids is 3. The van der Waals surface area contributed by atoms with Gasteiger partial charge in [0.2, 0.25) is 0 Å². The summed E-state index contributed by atoms with van der Waals surface area (Å²) in [6, 6.07) is 0. The van der Waals surface area contributed by atoms with Crippen LogP contribution in [0, 0.1) is 0 Å². The highest BCUT2D eigenvalue weighted by Gasteiger charge is 2.19. The van der Waals surface area contributed by atoms with E-state index in [0.29, 0.717) is 19.3 Å². The van der Waals surface area contributed by atoms with E-state index in [-0.39, 0.29) is 31.1 Å². The summed E-state index contributed by atoms with van der Waals surface area (Å²) in [5, 5.41) is 0. The summed E-state index contributed by atoms with van der Waals surface area (Å²) in [7, 11) is 0. The third kappa shape index (κ3) is 64.6. The van der Waals surface area contributed by atoms with Gasteiger partial charge in [-0.2, -0.15) is 0 Å². The summed E-state index contributed by atoms with van der Waals surface area (Å²) in [6.45, 7) is 6.47. The summed E-state index contributed by atoms with van der Waals surface area (Å²) in [5.41, 5.74) is 0. The number of allylic oxidation sites excluding steroid dienone is 20. The molecule has 0 aromatic carbocycles. The summed E-state index contributed by atoms with van der Waals surface area (Å²) in [6.07, 6.45) is 93.4. The van der Waals surface area contributed by atoms with Crippen molar-refractivity contribution in [3.63, 3.8) is 0 Å². The van der Waals surface area contributed by atoms with Crippen molar-refractivity contribution < 1.29 is 28.6 Å². The van der Waals surface area contributed by atoms with E-state index >= 15 is 0 Å². The van der Waals surface area contributed by atoms with Crippen LogP contribution in [0.4, 0.5) is 0 Å². The Morgan fingerprint density at radius 1 is 0.263 bits per heavy atom. The topological polar surface area (TPSA) is 78.9 Å². The number of ether oxygens (including phenoxy) is 3. The standard InChI is InChI=1S/C74H124O6/c1-4-7-10-13-16-19-22-25-28-30-32-34-36-37-39-40-42-44-46-49-52-55-58-61-64-67-73(76)79-70-71(69-78-72(75)66-63-60-57-54-51-48-27-24-21-18-15-12-9-6-3)80-74(77)68-65-62-59-56-53-50-47-45-43-41-38-35-33-31-29-26-23-20-17-14-11-8-5-2/h7,10,15-16,18-19,23-28,31-34,37,39,42,44,71H,4-6,8-9,11-14,17,20-22,29-30,35-36,38,40-41,43,45-70H2,1-3H3/b10-7-,18-15-,19-16-,26-23-,27-24-,28-25-,33-31-,34-32-,39-37-,44-42-. The van der Waals surface area contributed by atoms with Gasteiger partial charge in [-0.3, -0.25) is 14.4 Å². The summed E-state index contributed by atoms with van der Waals surface area (Å²) < 4.78 is 16.9. The lowest BCUT2D eigenvalue weighted by atomic mass is 10.0. The molecular formula is C74H124O6. The molecule has 6 nitrogen and oxygen atoms in total. The maximum absolute atomic E-state index is 12.9. The zero-order valence-electron chi connectivity index (χ0n) is 52.3. The maximum atomic E-state index is 12.9. The third-order valence-electron chi connectivity index (χ3n) is 14.2. The Bertz CT molecular complexity index is 1650. The van der Waals surface area contributed by atoms with Gasteiger partial charge in [0.05, 0.1) is 0 Å². The molecule has 0 aromatic rings. The number of carbonyl (C=O) groups is 3. The molecule has 0 aliphatic heterocycles. The molecular weight excluding hydrogens is 985 g/mol. The fourth-order valence-corrected chi connectivity index (χ4v) is 9.14. The molecule has 0 aliphatic rings. The molecule has 0 amide bonds. The number of hydrogen-bond donors (Lipinski definition) is 0. The number of unbranched alkanes of at least 4 members (excludes halogenated alkanes) is 29. The highest BCUT2D eigenvalue weighted by Crippen LogP contribution is 2.16. The van der Waals surface area contributed by atoms with E-state index in [1.54, 1.807) is 0 Å². The molecule has 0 spiro atoms. The van der Waals surface area contributed by atoms with E-state index in [2.05, 4.69) is 142 Å². The molecule has 1 unspecified atom stereocenters. The van der Waals surface area contributed by atoms with Crippen molar-refractivity contribution in [1.82, 2.24) is 0 Å². The van der Waals surface area contributed by atoms with Crippen LogP contribution in [-0.4, -0.2) is 37.2 Å². The van der Waals surface area contributed by atoms with E-state index in [1.807, 2.05) is 0 Å². The number of rotatable bonds is 60. The average Bonchev–Trinajstić information content (AvgIpc) is 3.46. The second-order valence-electron chi connectivity index (χ2n) is 22.0. The van der Waals surface area contributed by atoms with Gasteiger partial charge >= 0.3 is 17.9 Å². The lowest BCUT2D eigenvalue weighted by Crippen LogP contribution is -2.30. The van der Waals surface area contributed by atoms with Crippen LogP contribution >= 0.6 is 0 Å². The third-order valence-corrected chi connectivity index (χ3v) is 14.2. The van der Waals surface area contributed by atoms with Crippen molar-refractivity contribution in [3.05, 3.63) is 122 Å². The smallest absolute Gasteiger partial charge is 0.306 e. The van der Waals surface area contributed by atoms with Crippen molar-refractivity contribution >= 4 is 17.9 Å². The van der Waals surface area contributed by atoms with Crippen LogP contribution in [0.5, 0.6) is 0 Å². The summed E-state index contributed by atoms with van der Waals surface area (Å²) >= 11 is 0. The highest BCUT2D eigenvalue weighted by molar-refractivity contribution is 5.71. The molecule has 0 aromatic heterocycles. The first kappa shape index (κ1) is 75.8. The zero-order chi connectivity index (χ0) is 57.8. The number of hydrogen-bond acceptors (Lipinski definition) is 6. The van der Waals surface area contributed by atoms with Gasteiger partial charge in [0, 0.05) is 19.3 Å². The first-order valence-electron chi connectivity index (χ1n) is 33.5. The van der Waals surface area contributed by atoms with Crippen LogP contribution < -0.4 is 0 Å². The SMILES string of the molecule is CC/C=C\C/C=C\C/C=C\C/C=C\C/C=C\C/C=C\CCCCCCCCC(=O)OCC(COC(=O)CCCCCCC/C=C\C/C=C\CCCC)OC(=O)CCCCCCCCCCCCC/C=C\C/C=C\CCCCCCC. The van der Waals surface area contributed by atoms with Gasteiger partial charge in [0.1, 0.15) is 13.2 Å². The molecule has 0 saturated carbocycles. The van der Waals surface area contributed by atoms with E-state index in [4.69, 9.17) is 14.2 Å². The Kier molecular flexibility index (Phi) is 63.8. The molecule has 0 N–H and O–H groups in total. The van der Waals surface area contributed by atoms with Crippen molar-refractivity contribution in [2.45, 2.75) is 316 Å². The second-order valence-corrected chi connectivity index (χ2v) is 22.0. The lowest BCUT2D eigenvalue weighted by molar-refractivity contribution is -0.167. The fourth-order valence-electron chi connectivity index (χ4n) is 9.14. The predicted molar refractivity (Wildman–Crippen MR) is 348 cm³/mol. The first-order chi connectivity index (χ1) is 39.5. The molecule has 1 atom stereocenters. The largest absolute Gasteiger partial charge is 0.462 e. The Hall–Kier alpha value is -4.19. The number of esters is 3. The molecule has 0 heterocycles. The fraction of sp³-hybridized carbons (Fsp3) is 0.689. The maximum Gasteiger partial charge on any atom is 0.306 e. The molecule has 0 rings (SSSR count). The van der Waals surface area contributed by atoms with Crippen LogP contribution in [0.1, 0.15) is 310 Å². The quantitative estimate of drug-likeness (QED) is 0.0261. The molecule has 0 fully saturated rings. The van der Waals surface area contributed by atoms with Crippen molar-refractivity contribution in [1.29, 1.82) is 0 Å². The van der Waals surface area contributed by atoms with Crippen LogP contribution in [-0.2, 0) is 28.6 Å². The van der Waals surface area contributed by atoms with Gasteiger partial charge in [-0.05, 0) is 128 Å². The zero-order valence-corrected chi connectivity index (χ0v) is 52.3. The molecule has 0 radical (unpaired) electrons. The van der Waals surface area contributed by atoms with Crippen molar-refractivity contribution in [3.8, 4) is 0 Å². The summed E-state index contributed by atoms with van der Waals surface area (Å²) in [4.78, 5) is 38.4. The Balaban J connectivity index is 4.39. The van der Waals surface area contributed by atoms with E-state index in [1.165, 1.54) is 128 Å². The Morgan fingerprint density at radius 2 is 0.500 bits per heavy atom. The van der Waals surface area contributed by atoms with Crippen LogP contribution in [0.3, 0.4) is 0 Å². The minimum atomic E-state index is -0.796.